The molecule has 17 heavy (non-hydrogen) atoms. The number of carbonyl (C=O) groups excluding carboxylic acids is 1. The monoisotopic (exact) mass is 255 g/mol. The first-order valence-corrected chi connectivity index (χ1v) is 7.20. The predicted octanol–water partition coefficient (Wildman–Crippen LogP) is 3.40. The Bertz CT molecular complexity index is 338. The summed E-state index contributed by atoms with van der Waals surface area (Å²) in [6, 6.07) is 0. The number of nitrogens with zero attached hydrogens (tertiary/aromatic N) is 2. The van der Waals surface area contributed by atoms with Crippen LogP contribution in [0, 0.1) is 0 Å². The zero-order valence-corrected chi connectivity index (χ0v) is 11.5. The third-order valence-corrected chi connectivity index (χ3v) is 3.33. The summed E-state index contributed by atoms with van der Waals surface area (Å²) in [5.41, 5.74) is 0. The molecule has 96 valence electrons. The van der Waals surface area contributed by atoms with Crippen molar-refractivity contribution < 1.29 is 4.79 Å². The smallest absolute Gasteiger partial charge is 0.226 e. The number of hydrogen-bond donors (Lipinski definition) is 1. The molecule has 1 heterocycles. The summed E-state index contributed by atoms with van der Waals surface area (Å²) in [4.78, 5) is 11.6. The van der Waals surface area contributed by atoms with Crippen LogP contribution in [0.3, 0.4) is 0 Å². The van der Waals surface area contributed by atoms with E-state index in [1.807, 2.05) is 0 Å². The highest BCUT2D eigenvalue weighted by Crippen LogP contribution is 2.17. The lowest BCUT2D eigenvalue weighted by Crippen LogP contribution is -2.10. The molecule has 0 spiro atoms. The van der Waals surface area contributed by atoms with E-state index in [4.69, 9.17) is 0 Å². The van der Waals surface area contributed by atoms with Gasteiger partial charge in [0.1, 0.15) is 5.01 Å². The van der Waals surface area contributed by atoms with Crippen LogP contribution in [0.4, 0.5) is 5.13 Å². The summed E-state index contributed by atoms with van der Waals surface area (Å²) < 4.78 is 0. The van der Waals surface area contributed by atoms with Gasteiger partial charge in [0.25, 0.3) is 0 Å². The minimum atomic E-state index is 0.0558. The molecule has 1 rings (SSSR count). The molecule has 0 fully saturated rings. The van der Waals surface area contributed by atoms with Crippen LogP contribution in [0.2, 0.25) is 0 Å². The number of amides is 1. The number of carbonyl (C=O) groups is 1. The number of hydrogen-bond acceptors (Lipinski definition) is 4. The molecule has 0 aliphatic heterocycles. The summed E-state index contributed by atoms with van der Waals surface area (Å²) in [5.74, 6) is 0.0558. The number of anilines is 1. The Kier molecular flexibility index (Phi) is 6.77. The molecule has 1 aromatic rings. The van der Waals surface area contributed by atoms with Crippen LogP contribution >= 0.6 is 11.3 Å². The first-order valence-electron chi connectivity index (χ1n) is 6.38. The lowest BCUT2D eigenvalue weighted by Gasteiger charge is -2.00. The van der Waals surface area contributed by atoms with Crippen LogP contribution in [-0.4, -0.2) is 16.1 Å². The van der Waals surface area contributed by atoms with E-state index in [0.29, 0.717) is 11.6 Å². The molecular weight excluding hydrogens is 234 g/mol. The van der Waals surface area contributed by atoms with E-state index in [2.05, 4.69) is 29.4 Å². The second-order valence-electron chi connectivity index (χ2n) is 4.11. The molecule has 1 amide bonds. The van der Waals surface area contributed by atoms with Gasteiger partial charge in [-0.05, 0) is 12.8 Å². The quantitative estimate of drug-likeness (QED) is 0.724. The molecule has 5 heteroatoms. The summed E-state index contributed by atoms with van der Waals surface area (Å²) in [6.45, 7) is 4.27. The Morgan fingerprint density at radius 1 is 1.18 bits per heavy atom. The van der Waals surface area contributed by atoms with Gasteiger partial charge in [0, 0.05) is 12.8 Å². The Labute approximate surface area is 107 Å². The van der Waals surface area contributed by atoms with Crippen LogP contribution in [0.1, 0.15) is 57.4 Å². The van der Waals surface area contributed by atoms with Gasteiger partial charge in [0.2, 0.25) is 11.0 Å². The van der Waals surface area contributed by atoms with Gasteiger partial charge in [-0.25, -0.2) is 0 Å². The molecule has 1 aromatic heterocycles. The average Bonchev–Trinajstić information content (AvgIpc) is 2.73. The van der Waals surface area contributed by atoms with Gasteiger partial charge in [0.15, 0.2) is 0 Å². The van der Waals surface area contributed by atoms with Gasteiger partial charge in [-0.15, -0.1) is 10.2 Å². The van der Waals surface area contributed by atoms with Crippen molar-refractivity contribution in [3.8, 4) is 0 Å². The van der Waals surface area contributed by atoms with Crippen molar-refractivity contribution in [3.63, 3.8) is 0 Å². The van der Waals surface area contributed by atoms with Crippen LogP contribution in [0.5, 0.6) is 0 Å². The number of nitrogens with one attached hydrogen (secondary N) is 1. The summed E-state index contributed by atoms with van der Waals surface area (Å²) in [6.07, 6.45) is 7.05. The number of unbranched alkanes of at least 4 members (excludes halogenated alkanes) is 3. The summed E-state index contributed by atoms with van der Waals surface area (Å²) in [7, 11) is 0. The van der Waals surface area contributed by atoms with Crippen LogP contribution in [0.25, 0.3) is 0 Å². The largest absolute Gasteiger partial charge is 0.301 e. The molecule has 0 aliphatic carbocycles. The highest BCUT2D eigenvalue weighted by Gasteiger charge is 2.07. The van der Waals surface area contributed by atoms with Crippen molar-refractivity contribution in [3.05, 3.63) is 5.01 Å². The SMILES string of the molecule is CCCCCCC(=O)Nc1nnc(CCC)s1. The second-order valence-corrected chi connectivity index (χ2v) is 5.17. The van der Waals surface area contributed by atoms with E-state index in [-0.39, 0.29) is 5.91 Å². The van der Waals surface area contributed by atoms with Gasteiger partial charge >= 0.3 is 0 Å². The fraction of sp³-hybridized carbons (Fsp3) is 0.750. The average molecular weight is 255 g/mol. The maximum absolute atomic E-state index is 11.6. The van der Waals surface area contributed by atoms with E-state index in [9.17, 15) is 4.79 Å². The van der Waals surface area contributed by atoms with E-state index in [0.717, 1.165) is 30.7 Å². The van der Waals surface area contributed by atoms with Crippen LogP contribution in [0.15, 0.2) is 0 Å². The molecule has 0 radical (unpaired) electrons. The summed E-state index contributed by atoms with van der Waals surface area (Å²) in [5, 5.41) is 12.4. The van der Waals surface area contributed by atoms with Crippen LogP contribution in [-0.2, 0) is 11.2 Å². The molecule has 0 saturated heterocycles. The van der Waals surface area contributed by atoms with Crippen molar-refractivity contribution in [2.75, 3.05) is 5.32 Å². The van der Waals surface area contributed by atoms with E-state index in [1.54, 1.807) is 0 Å². The zero-order valence-electron chi connectivity index (χ0n) is 10.7. The first-order chi connectivity index (χ1) is 8.26. The molecule has 0 unspecified atom stereocenters. The predicted molar refractivity (Wildman–Crippen MR) is 71.3 cm³/mol. The van der Waals surface area contributed by atoms with E-state index in [1.165, 1.54) is 24.2 Å². The van der Waals surface area contributed by atoms with Crippen molar-refractivity contribution in [2.45, 2.75) is 58.8 Å². The lowest BCUT2D eigenvalue weighted by atomic mass is 10.1. The topological polar surface area (TPSA) is 54.9 Å². The Balaban J connectivity index is 2.24. The van der Waals surface area contributed by atoms with Gasteiger partial charge < -0.3 is 5.32 Å². The van der Waals surface area contributed by atoms with Crippen molar-refractivity contribution in [1.29, 1.82) is 0 Å². The minimum absolute atomic E-state index is 0.0558. The molecular formula is C12H21N3OS. The lowest BCUT2D eigenvalue weighted by molar-refractivity contribution is -0.116. The maximum atomic E-state index is 11.6. The van der Waals surface area contributed by atoms with E-state index < -0.39 is 0 Å². The first kappa shape index (κ1) is 14.1. The molecule has 0 aliphatic rings. The summed E-state index contributed by atoms with van der Waals surface area (Å²) >= 11 is 1.48. The van der Waals surface area contributed by atoms with Gasteiger partial charge in [0.05, 0.1) is 0 Å². The number of rotatable bonds is 8. The third-order valence-electron chi connectivity index (χ3n) is 2.43. The highest BCUT2D eigenvalue weighted by atomic mass is 32.1. The molecule has 0 aromatic carbocycles. The second kappa shape index (κ2) is 8.17. The van der Waals surface area contributed by atoms with E-state index >= 15 is 0 Å². The maximum Gasteiger partial charge on any atom is 0.226 e. The highest BCUT2D eigenvalue weighted by molar-refractivity contribution is 7.15. The van der Waals surface area contributed by atoms with Crippen molar-refractivity contribution in [2.24, 2.45) is 0 Å². The molecule has 1 N–H and O–H groups in total. The normalized spacial score (nSPS) is 10.5. The van der Waals surface area contributed by atoms with Gasteiger partial charge in [-0.2, -0.15) is 0 Å². The minimum Gasteiger partial charge on any atom is -0.301 e. The van der Waals surface area contributed by atoms with Crippen molar-refractivity contribution in [1.82, 2.24) is 10.2 Å². The Morgan fingerprint density at radius 2 is 2.00 bits per heavy atom. The molecule has 0 bridgehead atoms. The van der Waals surface area contributed by atoms with Crippen molar-refractivity contribution >= 4 is 22.4 Å². The Hall–Kier alpha value is -0.970. The molecule has 4 nitrogen and oxygen atoms in total. The number of aryl methyl sites for hydroxylation is 1. The Morgan fingerprint density at radius 3 is 2.71 bits per heavy atom. The number of aromatic nitrogens is 2. The standard InChI is InChI=1S/C12H21N3OS/c1-3-5-6-7-9-10(16)13-12-15-14-11(17-12)8-4-2/h3-9H2,1-2H3,(H,13,15,16). The van der Waals surface area contributed by atoms with Crippen LogP contribution < -0.4 is 5.32 Å². The molecule has 0 saturated carbocycles. The van der Waals surface area contributed by atoms with Gasteiger partial charge in [-0.3, -0.25) is 4.79 Å². The third kappa shape index (κ3) is 5.77. The fourth-order valence-electron chi connectivity index (χ4n) is 1.51. The van der Waals surface area contributed by atoms with Gasteiger partial charge in [-0.1, -0.05) is 44.4 Å². The molecule has 0 atom stereocenters. The fourth-order valence-corrected chi connectivity index (χ4v) is 2.37. The zero-order chi connectivity index (χ0) is 12.5.